The third kappa shape index (κ3) is 3.49. The van der Waals surface area contributed by atoms with Gasteiger partial charge in [0.1, 0.15) is 0 Å². The third-order valence-electron chi connectivity index (χ3n) is 4.27. The molecular weight excluding hydrogens is 242 g/mol. The molecule has 0 bridgehead atoms. The Morgan fingerprint density at radius 2 is 2.06 bits per heavy atom. The lowest BCUT2D eigenvalue weighted by Gasteiger charge is -2.23. The van der Waals surface area contributed by atoms with Gasteiger partial charge in [0.2, 0.25) is 0 Å². The smallest absolute Gasteiger partial charge is 0.0440 e. The fourth-order valence-electron chi connectivity index (χ4n) is 3.14. The molecule has 0 heterocycles. The summed E-state index contributed by atoms with van der Waals surface area (Å²) in [5.74, 6) is 0.874. The van der Waals surface area contributed by atoms with Crippen LogP contribution in [-0.4, -0.2) is 13.1 Å². The van der Waals surface area contributed by atoms with E-state index in [-0.39, 0.29) is 0 Å². The quantitative estimate of drug-likeness (QED) is 0.834. The number of hydrogen-bond donors (Lipinski definition) is 1. The van der Waals surface area contributed by atoms with Gasteiger partial charge in [0, 0.05) is 11.1 Å². The average molecular weight is 266 g/mol. The van der Waals surface area contributed by atoms with Gasteiger partial charge in [-0.15, -0.1) is 0 Å². The summed E-state index contributed by atoms with van der Waals surface area (Å²) < 4.78 is 0. The van der Waals surface area contributed by atoms with E-state index in [1.54, 1.807) is 0 Å². The molecule has 1 saturated carbocycles. The minimum atomic E-state index is 0.657. The molecule has 18 heavy (non-hydrogen) atoms. The molecule has 0 aromatic heterocycles. The van der Waals surface area contributed by atoms with Gasteiger partial charge in [-0.3, -0.25) is 0 Å². The summed E-state index contributed by atoms with van der Waals surface area (Å²) >= 11 is 6.30. The number of aryl methyl sites for hydroxylation is 2. The molecule has 0 aliphatic heterocycles. The van der Waals surface area contributed by atoms with Crippen molar-refractivity contribution in [3.8, 4) is 0 Å². The van der Waals surface area contributed by atoms with E-state index in [1.165, 1.54) is 43.2 Å². The maximum Gasteiger partial charge on any atom is 0.0440 e. The van der Waals surface area contributed by atoms with Crippen molar-refractivity contribution >= 4 is 11.6 Å². The Bertz CT molecular complexity index is 383. The molecule has 1 aromatic carbocycles. The Morgan fingerprint density at radius 3 is 2.67 bits per heavy atom. The van der Waals surface area contributed by atoms with Crippen LogP contribution in [0.3, 0.4) is 0 Å². The molecular formula is C16H24ClN. The first-order valence-corrected chi connectivity index (χ1v) is 7.51. The highest BCUT2D eigenvalue weighted by Gasteiger charge is 2.23. The van der Waals surface area contributed by atoms with Gasteiger partial charge in [-0.05, 0) is 62.8 Å². The van der Waals surface area contributed by atoms with E-state index in [9.17, 15) is 0 Å². The van der Waals surface area contributed by atoms with E-state index >= 15 is 0 Å². The van der Waals surface area contributed by atoms with Gasteiger partial charge in [0.05, 0.1) is 0 Å². The van der Waals surface area contributed by atoms with Gasteiger partial charge >= 0.3 is 0 Å². The summed E-state index contributed by atoms with van der Waals surface area (Å²) in [4.78, 5) is 0. The van der Waals surface area contributed by atoms with Gasteiger partial charge in [0.15, 0.2) is 0 Å². The van der Waals surface area contributed by atoms with Crippen LogP contribution in [0, 0.1) is 12.8 Å². The predicted molar refractivity (Wildman–Crippen MR) is 79.3 cm³/mol. The summed E-state index contributed by atoms with van der Waals surface area (Å²) in [5.41, 5.74) is 2.53. The molecule has 0 radical (unpaired) electrons. The van der Waals surface area contributed by atoms with Crippen LogP contribution < -0.4 is 5.32 Å². The second-order valence-electron chi connectivity index (χ2n) is 5.57. The number of nitrogens with one attached hydrogen (secondary N) is 1. The zero-order valence-electron chi connectivity index (χ0n) is 11.5. The first kappa shape index (κ1) is 13.9. The van der Waals surface area contributed by atoms with E-state index in [2.05, 4.69) is 37.5 Å². The molecule has 1 atom stereocenters. The zero-order chi connectivity index (χ0) is 13.0. The van der Waals surface area contributed by atoms with E-state index < -0.39 is 0 Å². The van der Waals surface area contributed by atoms with Crippen LogP contribution in [0.4, 0.5) is 0 Å². The number of rotatable bonds is 5. The lowest BCUT2D eigenvalue weighted by molar-refractivity contribution is 0.360. The van der Waals surface area contributed by atoms with Crippen molar-refractivity contribution < 1.29 is 0 Å². The Kier molecular flexibility index (Phi) is 5.08. The Morgan fingerprint density at radius 1 is 1.33 bits per heavy atom. The molecule has 1 nitrogen and oxygen atoms in total. The maximum absolute atomic E-state index is 6.30. The van der Waals surface area contributed by atoms with Crippen LogP contribution in [-0.2, 0) is 6.42 Å². The van der Waals surface area contributed by atoms with E-state index in [0.29, 0.717) is 6.04 Å². The Hall–Kier alpha value is -0.530. The topological polar surface area (TPSA) is 12.0 Å². The second kappa shape index (κ2) is 6.58. The first-order valence-electron chi connectivity index (χ1n) is 7.13. The van der Waals surface area contributed by atoms with Crippen LogP contribution in [0.5, 0.6) is 0 Å². The van der Waals surface area contributed by atoms with Crippen LogP contribution >= 0.6 is 11.6 Å². The van der Waals surface area contributed by atoms with Crippen molar-refractivity contribution in [1.82, 2.24) is 5.32 Å². The Labute approximate surface area is 116 Å². The lowest BCUT2D eigenvalue weighted by Crippen LogP contribution is -2.32. The van der Waals surface area contributed by atoms with Crippen molar-refractivity contribution in [1.29, 1.82) is 0 Å². The van der Waals surface area contributed by atoms with Crippen molar-refractivity contribution in [2.45, 2.75) is 51.5 Å². The zero-order valence-corrected chi connectivity index (χ0v) is 12.3. The fourth-order valence-corrected chi connectivity index (χ4v) is 3.47. The van der Waals surface area contributed by atoms with E-state index in [1.807, 2.05) is 0 Å². The standard InChI is InChI=1S/C16H24ClN/c1-12-7-8-13(15(17)11-12)9-10-16(18-2)14-5-3-4-6-14/h7-8,11,14,16,18H,3-6,9-10H2,1-2H3. The van der Waals surface area contributed by atoms with Gasteiger partial charge < -0.3 is 5.32 Å². The van der Waals surface area contributed by atoms with Gasteiger partial charge in [-0.2, -0.15) is 0 Å². The van der Waals surface area contributed by atoms with Crippen LogP contribution in [0.25, 0.3) is 0 Å². The molecule has 2 rings (SSSR count). The molecule has 2 heteroatoms. The van der Waals surface area contributed by atoms with Gasteiger partial charge in [-0.25, -0.2) is 0 Å². The van der Waals surface area contributed by atoms with Gasteiger partial charge in [0.25, 0.3) is 0 Å². The highest BCUT2D eigenvalue weighted by molar-refractivity contribution is 6.31. The third-order valence-corrected chi connectivity index (χ3v) is 4.62. The summed E-state index contributed by atoms with van der Waals surface area (Å²) in [6, 6.07) is 7.07. The minimum absolute atomic E-state index is 0.657. The highest BCUT2D eigenvalue weighted by atomic mass is 35.5. The monoisotopic (exact) mass is 265 g/mol. The molecule has 100 valence electrons. The molecule has 1 fully saturated rings. The fraction of sp³-hybridized carbons (Fsp3) is 0.625. The van der Waals surface area contributed by atoms with Crippen molar-refractivity contribution in [2.75, 3.05) is 7.05 Å². The summed E-state index contributed by atoms with van der Waals surface area (Å²) in [6.45, 7) is 2.09. The van der Waals surface area contributed by atoms with Crippen molar-refractivity contribution in [3.63, 3.8) is 0 Å². The molecule has 0 saturated heterocycles. The summed E-state index contributed by atoms with van der Waals surface area (Å²) in [7, 11) is 2.10. The van der Waals surface area contributed by atoms with E-state index in [4.69, 9.17) is 11.6 Å². The number of benzene rings is 1. The average Bonchev–Trinajstić information content (AvgIpc) is 2.86. The second-order valence-corrected chi connectivity index (χ2v) is 5.98. The van der Waals surface area contributed by atoms with Crippen LogP contribution in [0.2, 0.25) is 5.02 Å². The number of halogens is 1. The van der Waals surface area contributed by atoms with Gasteiger partial charge in [-0.1, -0.05) is 36.6 Å². The molecule has 1 unspecified atom stereocenters. The maximum atomic E-state index is 6.30. The van der Waals surface area contributed by atoms with Crippen LogP contribution in [0.15, 0.2) is 18.2 Å². The van der Waals surface area contributed by atoms with Crippen molar-refractivity contribution in [3.05, 3.63) is 34.3 Å². The molecule has 1 aliphatic rings. The molecule has 1 aliphatic carbocycles. The Balaban J connectivity index is 1.92. The number of hydrogen-bond acceptors (Lipinski definition) is 1. The normalized spacial score (nSPS) is 18.2. The summed E-state index contributed by atoms with van der Waals surface area (Å²) in [6.07, 6.45) is 7.90. The minimum Gasteiger partial charge on any atom is -0.317 e. The molecule has 0 spiro atoms. The SMILES string of the molecule is CNC(CCc1ccc(C)cc1Cl)C1CCCC1. The van der Waals surface area contributed by atoms with E-state index in [0.717, 1.165) is 17.4 Å². The highest BCUT2D eigenvalue weighted by Crippen LogP contribution is 2.30. The van der Waals surface area contributed by atoms with Crippen molar-refractivity contribution in [2.24, 2.45) is 5.92 Å². The predicted octanol–water partition coefficient (Wildman–Crippen LogP) is 4.36. The first-order chi connectivity index (χ1) is 8.70. The lowest BCUT2D eigenvalue weighted by atomic mass is 9.92. The molecule has 0 amide bonds. The molecule has 1 N–H and O–H groups in total. The largest absolute Gasteiger partial charge is 0.317 e. The molecule has 1 aromatic rings. The summed E-state index contributed by atoms with van der Waals surface area (Å²) in [5, 5.41) is 4.43. The van der Waals surface area contributed by atoms with Crippen LogP contribution in [0.1, 0.15) is 43.2 Å².